The van der Waals surface area contributed by atoms with E-state index in [1.54, 1.807) is 20.8 Å². The van der Waals surface area contributed by atoms with E-state index in [-0.39, 0.29) is 18.2 Å². The number of carbonyl (C=O) groups excluding carboxylic acids is 2. The highest BCUT2D eigenvalue weighted by Gasteiger charge is 2.26. The number of aromatic nitrogens is 2. The molecule has 0 saturated heterocycles. The molecule has 0 spiro atoms. The largest absolute Gasteiger partial charge is 0.477 e. The van der Waals surface area contributed by atoms with Gasteiger partial charge in [-0.15, -0.1) is 0 Å². The molecule has 9 heteroatoms. The molecule has 1 atom stereocenters. The summed E-state index contributed by atoms with van der Waals surface area (Å²) in [6.45, 7) is 5.17. The Balaban J connectivity index is 2.90. The number of methoxy groups -OCH3 is 3. The molecule has 0 unspecified atom stereocenters. The number of ether oxygens (including phenoxy) is 4. The molecule has 0 radical (unpaired) electrons. The predicted molar refractivity (Wildman–Crippen MR) is 84.0 cm³/mol. The maximum Gasteiger partial charge on any atom is 0.408 e. The Hall–Kier alpha value is -2.58. The van der Waals surface area contributed by atoms with Crippen LogP contribution in [-0.4, -0.2) is 55.0 Å². The lowest BCUT2D eigenvalue weighted by atomic mass is 10.1. The number of alkyl carbamates (subject to hydrolysis) is 1. The van der Waals surface area contributed by atoms with Gasteiger partial charge < -0.3 is 24.3 Å². The van der Waals surface area contributed by atoms with Crippen LogP contribution in [0.15, 0.2) is 6.20 Å². The zero-order chi connectivity index (χ0) is 18.3. The molecule has 1 heterocycles. The van der Waals surface area contributed by atoms with Crippen LogP contribution in [0.3, 0.4) is 0 Å². The normalized spacial score (nSPS) is 12.1. The quantitative estimate of drug-likeness (QED) is 0.766. The monoisotopic (exact) mass is 341 g/mol. The van der Waals surface area contributed by atoms with Crippen molar-refractivity contribution in [2.24, 2.45) is 0 Å². The van der Waals surface area contributed by atoms with Crippen LogP contribution in [0.4, 0.5) is 4.79 Å². The van der Waals surface area contributed by atoms with E-state index in [0.29, 0.717) is 5.69 Å². The molecule has 1 N–H and O–H groups in total. The molecule has 1 aromatic rings. The van der Waals surface area contributed by atoms with Crippen molar-refractivity contribution in [2.75, 3.05) is 21.3 Å². The van der Waals surface area contributed by atoms with Crippen LogP contribution in [0, 0.1) is 0 Å². The highest BCUT2D eigenvalue weighted by Crippen LogP contribution is 2.21. The van der Waals surface area contributed by atoms with E-state index < -0.39 is 23.7 Å². The molecule has 1 aromatic heterocycles. The van der Waals surface area contributed by atoms with Crippen LogP contribution in [0.2, 0.25) is 0 Å². The molecule has 0 aliphatic rings. The Labute approximate surface area is 140 Å². The van der Waals surface area contributed by atoms with Crippen LogP contribution < -0.4 is 14.8 Å². The Kier molecular flexibility index (Phi) is 6.75. The summed E-state index contributed by atoms with van der Waals surface area (Å²) in [6.07, 6.45) is 0.749. The van der Waals surface area contributed by atoms with Gasteiger partial charge in [0.15, 0.2) is 0 Å². The topological polar surface area (TPSA) is 109 Å². The second kappa shape index (κ2) is 8.32. The standard InChI is InChI=1S/C15H23N3O6/c1-15(2,3)24-14(20)18-10(13(19)23-6)7-9-8-16-11(21-4)12(17-9)22-5/h8,10H,7H2,1-6H3,(H,18,20)/t10-/m0/s1. The Bertz CT molecular complexity index is 585. The summed E-state index contributed by atoms with van der Waals surface area (Å²) in [7, 11) is 4.09. The summed E-state index contributed by atoms with van der Waals surface area (Å²) in [6, 6.07) is -0.975. The number of nitrogens with one attached hydrogen (secondary N) is 1. The Morgan fingerprint density at radius 3 is 2.29 bits per heavy atom. The summed E-state index contributed by atoms with van der Waals surface area (Å²) >= 11 is 0. The summed E-state index contributed by atoms with van der Waals surface area (Å²) in [5.41, 5.74) is -0.271. The van der Waals surface area contributed by atoms with Crippen LogP contribution in [0.25, 0.3) is 0 Å². The maximum absolute atomic E-state index is 11.9. The van der Waals surface area contributed by atoms with Crippen molar-refractivity contribution in [3.05, 3.63) is 11.9 Å². The van der Waals surface area contributed by atoms with E-state index in [1.807, 2.05) is 0 Å². The second-order valence-corrected chi connectivity index (χ2v) is 5.81. The van der Waals surface area contributed by atoms with Gasteiger partial charge in [0, 0.05) is 6.42 Å². The minimum Gasteiger partial charge on any atom is -0.477 e. The molecule has 9 nitrogen and oxygen atoms in total. The van der Waals surface area contributed by atoms with E-state index in [4.69, 9.17) is 18.9 Å². The fourth-order valence-electron chi connectivity index (χ4n) is 1.76. The van der Waals surface area contributed by atoms with E-state index in [0.717, 1.165) is 0 Å². The average molecular weight is 341 g/mol. The SMILES string of the molecule is COC(=O)[C@H](Cc1cnc(OC)c(OC)n1)NC(=O)OC(C)(C)C. The third-order valence-corrected chi connectivity index (χ3v) is 2.74. The van der Waals surface area contributed by atoms with Gasteiger partial charge in [-0.1, -0.05) is 0 Å². The van der Waals surface area contributed by atoms with E-state index in [1.165, 1.54) is 27.5 Å². The number of rotatable bonds is 6. The lowest BCUT2D eigenvalue weighted by molar-refractivity contribution is -0.143. The molecule has 0 saturated carbocycles. The summed E-state index contributed by atoms with van der Waals surface area (Å²) in [5.74, 6) is -0.232. The third-order valence-electron chi connectivity index (χ3n) is 2.74. The van der Waals surface area contributed by atoms with Crippen molar-refractivity contribution >= 4 is 12.1 Å². The van der Waals surface area contributed by atoms with Gasteiger partial charge >= 0.3 is 12.1 Å². The number of hydrogen-bond donors (Lipinski definition) is 1. The third kappa shape index (κ3) is 5.90. The molecule has 134 valence electrons. The van der Waals surface area contributed by atoms with Crippen molar-refractivity contribution in [2.45, 2.75) is 38.8 Å². The molecule has 0 aliphatic heterocycles. The highest BCUT2D eigenvalue weighted by molar-refractivity contribution is 5.81. The molecule has 0 aliphatic carbocycles. The van der Waals surface area contributed by atoms with Gasteiger partial charge in [0.2, 0.25) is 0 Å². The van der Waals surface area contributed by atoms with Crippen molar-refractivity contribution in [3.8, 4) is 11.8 Å². The lowest BCUT2D eigenvalue weighted by Crippen LogP contribution is -2.45. The number of esters is 1. The first-order valence-electron chi connectivity index (χ1n) is 7.21. The number of amides is 1. The number of carbonyl (C=O) groups is 2. The number of hydrogen-bond acceptors (Lipinski definition) is 8. The van der Waals surface area contributed by atoms with Gasteiger partial charge in [-0.05, 0) is 20.8 Å². The minimum absolute atomic E-state index is 0.0548. The van der Waals surface area contributed by atoms with Gasteiger partial charge in [0.05, 0.1) is 33.2 Å². The predicted octanol–water partition coefficient (Wildman–Crippen LogP) is 1.10. The fraction of sp³-hybridized carbons (Fsp3) is 0.600. The highest BCUT2D eigenvalue weighted by atomic mass is 16.6. The zero-order valence-corrected chi connectivity index (χ0v) is 14.7. The molecule has 24 heavy (non-hydrogen) atoms. The smallest absolute Gasteiger partial charge is 0.408 e. The van der Waals surface area contributed by atoms with Gasteiger partial charge in [-0.3, -0.25) is 0 Å². The van der Waals surface area contributed by atoms with Crippen molar-refractivity contribution in [3.63, 3.8) is 0 Å². The van der Waals surface area contributed by atoms with Crippen molar-refractivity contribution < 1.29 is 28.5 Å². The van der Waals surface area contributed by atoms with Crippen LogP contribution in [0.1, 0.15) is 26.5 Å². The maximum atomic E-state index is 11.9. The molecule has 0 bridgehead atoms. The molecule has 1 amide bonds. The second-order valence-electron chi connectivity index (χ2n) is 5.81. The zero-order valence-electron chi connectivity index (χ0n) is 14.7. The van der Waals surface area contributed by atoms with Crippen LogP contribution >= 0.6 is 0 Å². The summed E-state index contributed by atoms with van der Waals surface area (Å²) in [4.78, 5) is 32.0. The van der Waals surface area contributed by atoms with Gasteiger partial charge in [-0.25, -0.2) is 19.6 Å². The Morgan fingerprint density at radius 1 is 1.17 bits per heavy atom. The van der Waals surface area contributed by atoms with Crippen molar-refractivity contribution in [1.29, 1.82) is 0 Å². The number of nitrogens with zero attached hydrogens (tertiary/aromatic N) is 2. The minimum atomic E-state index is -0.975. The Morgan fingerprint density at radius 2 is 1.79 bits per heavy atom. The first kappa shape index (κ1) is 19.5. The van der Waals surface area contributed by atoms with Gasteiger partial charge in [0.1, 0.15) is 11.6 Å². The van der Waals surface area contributed by atoms with E-state index >= 15 is 0 Å². The fourth-order valence-corrected chi connectivity index (χ4v) is 1.76. The molecular weight excluding hydrogens is 318 g/mol. The van der Waals surface area contributed by atoms with Gasteiger partial charge in [0.25, 0.3) is 11.8 Å². The van der Waals surface area contributed by atoms with Gasteiger partial charge in [-0.2, -0.15) is 0 Å². The summed E-state index contributed by atoms with van der Waals surface area (Å²) in [5, 5.41) is 2.46. The first-order chi connectivity index (χ1) is 11.2. The van der Waals surface area contributed by atoms with E-state index in [2.05, 4.69) is 15.3 Å². The summed E-state index contributed by atoms with van der Waals surface area (Å²) < 4.78 is 19.9. The first-order valence-corrected chi connectivity index (χ1v) is 7.21. The lowest BCUT2D eigenvalue weighted by Gasteiger charge is -2.22. The molecular formula is C15H23N3O6. The van der Waals surface area contributed by atoms with Crippen LogP contribution in [-0.2, 0) is 20.7 Å². The molecule has 0 aromatic carbocycles. The van der Waals surface area contributed by atoms with E-state index in [9.17, 15) is 9.59 Å². The average Bonchev–Trinajstić information content (AvgIpc) is 2.51. The van der Waals surface area contributed by atoms with Crippen molar-refractivity contribution in [1.82, 2.24) is 15.3 Å². The molecule has 1 rings (SSSR count). The molecule has 0 fully saturated rings. The van der Waals surface area contributed by atoms with Crippen LogP contribution in [0.5, 0.6) is 11.8 Å².